The Balaban J connectivity index is 4.48. The lowest BCUT2D eigenvalue weighted by molar-refractivity contribution is -0.133. The van der Waals surface area contributed by atoms with Gasteiger partial charge in [0.05, 0.1) is 6.07 Å². The van der Waals surface area contributed by atoms with E-state index in [1.165, 1.54) is 6.92 Å². The van der Waals surface area contributed by atoms with E-state index in [9.17, 15) is 13.6 Å². The van der Waals surface area contributed by atoms with Gasteiger partial charge >= 0.3 is 6.43 Å². The van der Waals surface area contributed by atoms with Crippen molar-refractivity contribution in [3.8, 4) is 6.07 Å². The van der Waals surface area contributed by atoms with Gasteiger partial charge in [-0.1, -0.05) is 13.8 Å². The number of carbonyl (C=O) groups excluding carboxylic acids is 1. The summed E-state index contributed by atoms with van der Waals surface area (Å²) in [6.45, 7) is 4.77. The predicted molar refractivity (Wildman–Crippen MR) is 43.0 cm³/mol. The molecule has 0 aromatic carbocycles. The molecule has 0 saturated heterocycles. The van der Waals surface area contributed by atoms with Gasteiger partial charge in [-0.15, -0.1) is 0 Å². The maximum Gasteiger partial charge on any atom is 0.315 e. The molecular weight excluding hydrogens is 178 g/mol. The highest BCUT2D eigenvalue weighted by molar-refractivity contribution is 5.80. The first-order valence-corrected chi connectivity index (χ1v) is 3.85. The second-order valence-corrected chi connectivity index (χ2v) is 3.26. The second kappa shape index (κ2) is 4.17. The maximum absolute atomic E-state index is 11.8. The van der Waals surface area contributed by atoms with Crippen LogP contribution in [0.2, 0.25) is 0 Å². The summed E-state index contributed by atoms with van der Waals surface area (Å²) < 4.78 is 23.7. The number of carbonyl (C=O) groups is 1. The van der Waals surface area contributed by atoms with E-state index >= 15 is 0 Å². The minimum atomic E-state index is -3.08. The molecule has 0 aromatic rings. The summed E-state index contributed by atoms with van der Waals surface area (Å²) in [4.78, 5) is 10.6. The van der Waals surface area contributed by atoms with Crippen molar-refractivity contribution in [2.75, 3.05) is 0 Å². The van der Waals surface area contributed by atoms with E-state index in [0.717, 1.165) is 0 Å². The number of rotatable bonds is 3. The molecule has 0 aliphatic heterocycles. The number of halogens is 2. The van der Waals surface area contributed by atoms with E-state index in [0.29, 0.717) is 0 Å². The Kier molecular flexibility index (Phi) is 3.79. The Morgan fingerprint density at radius 1 is 1.54 bits per heavy atom. The van der Waals surface area contributed by atoms with Gasteiger partial charge in [0, 0.05) is 0 Å². The normalized spacial score (nSPS) is 15.2. The zero-order valence-electron chi connectivity index (χ0n) is 7.77. The molecule has 74 valence electrons. The molecule has 0 aliphatic carbocycles. The second-order valence-electron chi connectivity index (χ2n) is 3.26. The highest BCUT2D eigenvalue weighted by Crippen LogP contribution is 2.15. The van der Waals surface area contributed by atoms with Gasteiger partial charge in [0.2, 0.25) is 0 Å². The highest BCUT2D eigenvalue weighted by atomic mass is 19.3. The molecule has 1 amide bonds. The number of nitrogens with zero attached hydrogens (tertiary/aromatic N) is 1. The Bertz CT molecular complexity index is 235. The number of alkyl halides is 2. The molecule has 1 atom stereocenters. The van der Waals surface area contributed by atoms with E-state index in [1.807, 2.05) is 5.32 Å². The molecule has 0 radical (unpaired) electrons. The average Bonchev–Trinajstić information content (AvgIpc) is 2.03. The first-order valence-electron chi connectivity index (χ1n) is 3.85. The van der Waals surface area contributed by atoms with Gasteiger partial charge in [-0.25, -0.2) is 0 Å². The van der Waals surface area contributed by atoms with Crippen molar-refractivity contribution in [1.82, 2.24) is 5.32 Å². The standard InChI is InChI=1S/C8H12F2N2O/c1-5(2)8(3,4-11)12-7(13)6(9)10/h5-6H,1-3H3,(H,12,13). The van der Waals surface area contributed by atoms with Crippen LogP contribution < -0.4 is 5.32 Å². The van der Waals surface area contributed by atoms with Gasteiger partial charge in [0.15, 0.2) is 0 Å². The van der Waals surface area contributed by atoms with Crippen LogP contribution in [-0.2, 0) is 4.79 Å². The zero-order chi connectivity index (χ0) is 10.6. The monoisotopic (exact) mass is 190 g/mol. The highest BCUT2D eigenvalue weighted by Gasteiger charge is 2.32. The molecule has 0 spiro atoms. The SMILES string of the molecule is CC(C)C(C)(C#N)NC(=O)C(F)F. The molecule has 0 aliphatic rings. The van der Waals surface area contributed by atoms with Crippen molar-refractivity contribution in [3.05, 3.63) is 0 Å². The van der Waals surface area contributed by atoms with Crippen LogP contribution in [0.15, 0.2) is 0 Å². The van der Waals surface area contributed by atoms with Crippen LogP contribution in [0.3, 0.4) is 0 Å². The number of nitrogens with one attached hydrogen (secondary N) is 1. The van der Waals surface area contributed by atoms with Crippen molar-refractivity contribution in [2.45, 2.75) is 32.7 Å². The molecule has 0 aromatic heterocycles. The van der Waals surface area contributed by atoms with Crippen LogP contribution in [0.5, 0.6) is 0 Å². The van der Waals surface area contributed by atoms with Crippen molar-refractivity contribution < 1.29 is 13.6 Å². The minimum absolute atomic E-state index is 0.222. The Labute approximate surface area is 75.7 Å². The third-order valence-electron chi connectivity index (χ3n) is 1.97. The number of nitriles is 1. The Morgan fingerprint density at radius 3 is 2.23 bits per heavy atom. The summed E-state index contributed by atoms with van der Waals surface area (Å²) in [7, 11) is 0. The van der Waals surface area contributed by atoms with Crippen LogP contribution >= 0.6 is 0 Å². The predicted octanol–water partition coefficient (Wildman–Crippen LogP) is 1.31. The van der Waals surface area contributed by atoms with Gasteiger partial charge in [-0.2, -0.15) is 14.0 Å². The first-order chi connectivity index (χ1) is 5.83. The third kappa shape index (κ3) is 2.98. The fourth-order valence-electron chi connectivity index (χ4n) is 0.612. The van der Waals surface area contributed by atoms with Crippen LogP contribution in [0.25, 0.3) is 0 Å². The molecule has 0 fully saturated rings. The van der Waals surface area contributed by atoms with Crippen LogP contribution in [0.4, 0.5) is 8.78 Å². The summed E-state index contributed by atoms with van der Waals surface area (Å²) in [5.74, 6) is -1.63. The third-order valence-corrected chi connectivity index (χ3v) is 1.97. The quantitative estimate of drug-likeness (QED) is 0.729. The summed E-state index contributed by atoms with van der Waals surface area (Å²) in [6, 6.07) is 1.80. The molecule has 3 nitrogen and oxygen atoms in total. The van der Waals surface area contributed by atoms with Gasteiger partial charge in [0.1, 0.15) is 5.54 Å². The molecule has 1 N–H and O–H groups in total. The van der Waals surface area contributed by atoms with E-state index in [2.05, 4.69) is 0 Å². The summed E-state index contributed by atoms with van der Waals surface area (Å²) in [5, 5.41) is 10.7. The number of amides is 1. The zero-order valence-corrected chi connectivity index (χ0v) is 7.77. The van der Waals surface area contributed by atoms with Gasteiger partial charge < -0.3 is 5.32 Å². The fraction of sp³-hybridized carbons (Fsp3) is 0.750. The van der Waals surface area contributed by atoms with E-state index in [4.69, 9.17) is 5.26 Å². The van der Waals surface area contributed by atoms with Crippen molar-refractivity contribution >= 4 is 5.91 Å². The maximum atomic E-state index is 11.8. The molecule has 13 heavy (non-hydrogen) atoms. The topological polar surface area (TPSA) is 52.9 Å². The van der Waals surface area contributed by atoms with Crippen LogP contribution in [0.1, 0.15) is 20.8 Å². The molecule has 5 heteroatoms. The van der Waals surface area contributed by atoms with Gasteiger partial charge in [0.25, 0.3) is 5.91 Å². The molecule has 0 saturated carbocycles. The van der Waals surface area contributed by atoms with E-state index < -0.39 is 17.9 Å². The summed E-state index contributed by atoms with van der Waals surface area (Å²) in [6.07, 6.45) is -3.08. The smallest absolute Gasteiger partial charge is 0.315 e. The lowest BCUT2D eigenvalue weighted by Gasteiger charge is -2.26. The first kappa shape index (κ1) is 11.8. The van der Waals surface area contributed by atoms with Crippen molar-refractivity contribution in [1.29, 1.82) is 5.26 Å². The number of hydrogen-bond acceptors (Lipinski definition) is 2. The largest absolute Gasteiger partial charge is 0.333 e. The molecule has 0 bridgehead atoms. The molecule has 1 unspecified atom stereocenters. The van der Waals surface area contributed by atoms with Crippen LogP contribution in [0, 0.1) is 17.2 Å². The molecular formula is C8H12F2N2O. The minimum Gasteiger partial charge on any atom is -0.333 e. The van der Waals surface area contributed by atoms with E-state index in [1.54, 1.807) is 19.9 Å². The number of hydrogen-bond donors (Lipinski definition) is 1. The Morgan fingerprint density at radius 2 is 2.00 bits per heavy atom. The van der Waals surface area contributed by atoms with E-state index in [-0.39, 0.29) is 5.92 Å². The van der Waals surface area contributed by atoms with Gasteiger partial charge in [-0.3, -0.25) is 4.79 Å². The Hall–Kier alpha value is -1.18. The van der Waals surface area contributed by atoms with Gasteiger partial charge in [-0.05, 0) is 12.8 Å². The molecule has 0 rings (SSSR count). The fourth-order valence-corrected chi connectivity index (χ4v) is 0.612. The lowest BCUT2D eigenvalue weighted by Crippen LogP contribution is -2.50. The average molecular weight is 190 g/mol. The van der Waals surface area contributed by atoms with Crippen molar-refractivity contribution in [3.63, 3.8) is 0 Å². The lowest BCUT2D eigenvalue weighted by atomic mass is 9.90. The van der Waals surface area contributed by atoms with Crippen LogP contribution in [-0.4, -0.2) is 17.9 Å². The summed E-state index contributed by atoms with van der Waals surface area (Å²) in [5.41, 5.74) is -1.23. The molecule has 0 heterocycles. The summed E-state index contributed by atoms with van der Waals surface area (Å²) >= 11 is 0. The van der Waals surface area contributed by atoms with Crippen molar-refractivity contribution in [2.24, 2.45) is 5.92 Å².